The van der Waals surface area contributed by atoms with E-state index in [1.165, 1.54) is 16.0 Å². The summed E-state index contributed by atoms with van der Waals surface area (Å²) in [5, 5.41) is 0. The maximum absolute atomic E-state index is 13.2. The van der Waals surface area contributed by atoms with Gasteiger partial charge in [-0.3, -0.25) is 0 Å². The van der Waals surface area contributed by atoms with Gasteiger partial charge in [0.1, 0.15) is 11.2 Å². The predicted molar refractivity (Wildman–Crippen MR) is 140 cm³/mol. The van der Waals surface area contributed by atoms with Crippen molar-refractivity contribution in [3.05, 3.63) is 71.8 Å². The van der Waals surface area contributed by atoms with Crippen LogP contribution in [-0.4, -0.2) is 58.3 Å². The van der Waals surface area contributed by atoms with Crippen molar-refractivity contribution >= 4 is 18.1 Å². The average Bonchev–Trinajstić information content (AvgIpc) is 3.15. The Morgan fingerprint density at radius 1 is 0.861 bits per heavy atom. The van der Waals surface area contributed by atoms with Gasteiger partial charge in [-0.25, -0.2) is 14.5 Å². The molecule has 0 bridgehead atoms. The maximum atomic E-state index is 13.2. The van der Waals surface area contributed by atoms with Crippen molar-refractivity contribution in [2.24, 2.45) is 4.99 Å². The molecule has 2 heterocycles. The molecule has 0 spiro atoms. The van der Waals surface area contributed by atoms with Crippen molar-refractivity contribution in [1.29, 1.82) is 0 Å². The SMILES string of the molecule is CC(C)(C)OC(=O)/N=C1/N(C(=O)OC(C)(C)C)CC2CCC(c3ccccc3)(c3ccccc3)CN12. The highest BCUT2D eigenvalue weighted by atomic mass is 16.6. The number of rotatable bonds is 2. The Balaban J connectivity index is 1.77. The van der Waals surface area contributed by atoms with E-state index in [1.807, 2.05) is 32.9 Å². The fourth-order valence-electron chi connectivity index (χ4n) is 5.06. The molecular weight excluding hydrogens is 454 g/mol. The summed E-state index contributed by atoms with van der Waals surface area (Å²) in [6.07, 6.45) is 0.507. The smallest absolute Gasteiger partial charge is 0.437 e. The summed E-state index contributed by atoms with van der Waals surface area (Å²) < 4.78 is 11.2. The van der Waals surface area contributed by atoms with E-state index in [0.717, 1.165) is 12.8 Å². The van der Waals surface area contributed by atoms with Crippen LogP contribution in [0.3, 0.4) is 0 Å². The van der Waals surface area contributed by atoms with E-state index >= 15 is 0 Å². The molecule has 36 heavy (non-hydrogen) atoms. The minimum absolute atomic E-state index is 0.0271. The highest BCUT2D eigenvalue weighted by Gasteiger charge is 2.50. The Morgan fingerprint density at radius 2 is 1.39 bits per heavy atom. The molecule has 2 aliphatic heterocycles. The zero-order valence-electron chi connectivity index (χ0n) is 22.2. The first-order valence-electron chi connectivity index (χ1n) is 12.6. The molecular formula is C29H37N3O4. The number of guanidine groups is 1. The Bertz CT molecular complexity index is 1080. The lowest BCUT2D eigenvalue weighted by Crippen LogP contribution is -2.52. The van der Waals surface area contributed by atoms with Crippen LogP contribution in [0.2, 0.25) is 0 Å². The van der Waals surface area contributed by atoms with Gasteiger partial charge in [-0.2, -0.15) is 0 Å². The average molecular weight is 492 g/mol. The molecule has 1 unspecified atom stereocenters. The second-order valence-corrected chi connectivity index (χ2v) is 11.6. The van der Waals surface area contributed by atoms with Crippen LogP contribution in [0.1, 0.15) is 65.5 Å². The number of fused-ring (bicyclic) bond motifs is 1. The molecule has 7 heteroatoms. The number of nitrogens with zero attached hydrogens (tertiary/aromatic N) is 3. The molecule has 0 aromatic heterocycles. The van der Waals surface area contributed by atoms with Gasteiger partial charge in [0.15, 0.2) is 0 Å². The van der Waals surface area contributed by atoms with Gasteiger partial charge in [-0.05, 0) is 65.5 Å². The number of ether oxygens (including phenoxy) is 2. The zero-order chi connectivity index (χ0) is 26.1. The summed E-state index contributed by atoms with van der Waals surface area (Å²) in [5.74, 6) is 0.291. The van der Waals surface area contributed by atoms with Crippen LogP contribution in [0.4, 0.5) is 9.59 Å². The molecule has 2 aromatic carbocycles. The van der Waals surface area contributed by atoms with E-state index in [4.69, 9.17) is 9.47 Å². The highest BCUT2D eigenvalue weighted by molar-refractivity contribution is 6.00. The molecule has 7 nitrogen and oxygen atoms in total. The van der Waals surface area contributed by atoms with E-state index in [1.54, 1.807) is 20.8 Å². The van der Waals surface area contributed by atoms with Gasteiger partial charge in [-0.1, -0.05) is 60.7 Å². The predicted octanol–water partition coefficient (Wildman–Crippen LogP) is 5.98. The Labute approximate surface area is 214 Å². The maximum Gasteiger partial charge on any atom is 0.437 e. The molecule has 0 N–H and O–H groups in total. The molecule has 0 aliphatic carbocycles. The summed E-state index contributed by atoms with van der Waals surface area (Å²) in [7, 11) is 0. The van der Waals surface area contributed by atoms with Crippen molar-refractivity contribution in [3.63, 3.8) is 0 Å². The van der Waals surface area contributed by atoms with Crippen LogP contribution in [0.5, 0.6) is 0 Å². The number of carbonyl (C=O) groups is 2. The molecule has 2 amide bonds. The van der Waals surface area contributed by atoms with Gasteiger partial charge < -0.3 is 14.4 Å². The summed E-state index contributed by atoms with van der Waals surface area (Å²) in [6, 6.07) is 20.9. The van der Waals surface area contributed by atoms with E-state index in [-0.39, 0.29) is 11.5 Å². The number of piperidine rings is 1. The molecule has 2 saturated heterocycles. The number of aliphatic imine (C=N–C) groups is 1. The first kappa shape index (κ1) is 25.7. The number of hydrogen-bond donors (Lipinski definition) is 0. The topological polar surface area (TPSA) is 71.4 Å². The molecule has 2 aliphatic rings. The fraction of sp³-hybridized carbons (Fsp3) is 0.483. The van der Waals surface area contributed by atoms with Gasteiger partial charge in [0.2, 0.25) is 5.96 Å². The number of benzene rings is 2. The quantitative estimate of drug-likeness (QED) is 0.517. The lowest BCUT2D eigenvalue weighted by Gasteiger charge is -2.45. The first-order valence-corrected chi connectivity index (χ1v) is 12.6. The molecule has 1 atom stereocenters. The van der Waals surface area contributed by atoms with E-state index < -0.39 is 23.4 Å². The molecule has 0 saturated carbocycles. The van der Waals surface area contributed by atoms with Crippen molar-refractivity contribution in [2.45, 2.75) is 77.0 Å². The summed E-state index contributed by atoms with van der Waals surface area (Å²) in [5.41, 5.74) is 0.700. The third-order valence-corrected chi connectivity index (χ3v) is 6.53. The first-order chi connectivity index (χ1) is 16.9. The summed E-state index contributed by atoms with van der Waals surface area (Å²) in [4.78, 5) is 34.0. The van der Waals surface area contributed by atoms with Gasteiger partial charge in [0, 0.05) is 12.0 Å². The number of carbonyl (C=O) groups excluding carboxylic acids is 2. The van der Waals surface area contributed by atoms with Crippen LogP contribution in [-0.2, 0) is 14.9 Å². The van der Waals surface area contributed by atoms with Crippen molar-refractivity contribution in [2.75, 3.05) is 13.1 Å². The zero-order valence-corrected chi connectivity index (χ0v) is 22.2. The van der Waals surface area contributed by atoms with Crippen LogP contribution in [0.25, 0.3) is 0 Å². The number of amides is 2. The van der Waals surface area contributed by atoms with Gasteiger partial charge >= 0.3 is 12.2 Å². The highest BCUT2D eigenvalue weighted by Crippen LogP contribution is 2.44. The van der Waals surface area contributed by atoms with E-state index in [9.17, 15) is 9.59 Å². The third kappa shape index (κ3) is 5.55. The molecule has 0 radical (unpaired) electrons. The van der Waals surface area contributed by atoms with Crippen molar-refractivity contribution in [3.8, 4) is 0 Å². The van der Waals surface area contributed by atoms with Crippen LogP contribution in [0, 0.1) is 0 Å². The standard InChI is InChI=1S/C29H37N3O4/c1-27(2,3)35-25(33)30-24-31(26(34)36-28(4,5)6)19-23-17-18-29(20-32(23)24,21-13-9-7-10-14-21)22-15-11-8-12-16-22/h7-16,23H,17-20H2,1-6H3/b30-24-. The fourth-order valence-corrected chi connectivity index (χ4v) is 5.06. The second kappa shape index (κ2) is 9.60. The molecule has 2 aromatic rings. The molecule has 2 fully saturated rings. The molecule has 192 valence electrons. The number of hydrogen-bond acceptors (Lipinski definition) is 4. The minimum atomic E-state index is -0.720. The third-order valence-electron chi connectivity index (χ3n) is 6.53. The van der Waals surface area contributed by atoms with Crippen molar-refractivity contribution in [1.82, 2.24) is 9.80 Å². The van der Waals surface area contributed by atoms with Crippen LogP contribution in [0.15, 0.2) is 65.7 Å². The lowest BCUT2D eigenvalue weighted by molar-refractivity contribution is 0.0378. The Morgan fingerprint density at radius 3 is 1.89 bits per heavy atom. The largest absolute Gasteiger partial charge is 0.443 e. The van der Waals surface area contributed by atoms with Gasteiger partial charge in [0.25, 0.3) is 0 Å². The normalized spacial score (nSPS) is 20.7. The van der Waals surface area contributed by atoms with E-state index in [2.05, 4.69) is 58.4 Å². The Hall–Kier alpha value is -3.35. The van der Waals surface area contributed by atoms with Crippen LogP contribution >= 0.6 is 0 Å². The minimum Gasteiger partial charge on any atom is -0.443 e. The monoisotopic (exact) mass is 491 g/mol. The van der Waals surface area contributed by atoms with Gasteiger partial charge in [0.05, 0.1) is 12.6 Å². The lowest BCUT2D eigenvalue weighted by atomic mass is 9.68. The Kier molecular flexibility index (Phi) is 6.86. The summed E-state index contributed by atoms with van der Waals surface area (Å²) >= 11 is 0. The van der Waals surface area contributed by atoms with Gasteiger partial charge in [-0.15, -0.1) is 4.99 Å². The van der Waals surface area contributed by atoms with E-state index in [0.29, 0.717) is 19.0 Å². The van der Waals surface area contributed by atoms with Crippen LogP contribution < -0.4 is 0 Å². The second-order valence-electron chi connectivity index (χ2n) is 11.6. The summed E-state index contributed by atoms with van der Waals surface area (Å²) in [6.45, 7) is 11.9. The van der Waals surface area contributed by atoms with Crippen molar-refractivity contribution < 1.29 is 19.1 Å². The molecule has 4 rings (SSSR count).